The molecule has 0 aromatic carbocycles. The topological polar surface area (TPSA) is 226 Å². The number of hydrogen-bond donors (Lipinski definition) is 7. The Hall–Kier alpha value is -1.99. The summed E-state index contributed by atoms with van der Waals surface area (Å²) in [4.78, 5) is 24.5. The van der Waals surface area contributed by atoms with E-state index in [1.165, 1.54) is 0 Å². The van der Waals surface area contributed by atoms with Gasteiger partial charge in [-0.1, -0.05) is 5.11 Å². The minimum absolute atomic E-state index is 0.675. The summed E-state index contributed by atoms with van der Waals surface area (Å²) in [6, 6.07) is -1.41. The van der Waals surface area contributed by atoms with Gasteiger partial charge in [-0.3, -0.25) is 4.79 Å². The Kier molecular flexibility index (Phi) is 6.45. The van der Waals surface area contributed by atoms with Crippen molar-refractivity contribution in [1.82, 2.24) is 5.32 Å². The predicted octanol–water partition coefficient (Wildman–Crippen LogP) is -3.24. The molecule has 1 fully saturated rings. The average Bonchev–Trinajstić information content (AvgIpc) is 2.48. The molecule has 7 atom stereocenters. The maximum atomic E-state index is 11.2. The molecule has 1 unspecified atom stereocenters. The predicted molar refractivity (Wildman–Crippen MR) is 72.9 cm³/mol. The van der Waals surface area contributed by atoms with Crippen LogP contribution in [-0.2, 0) is 14.3 Å². The van der Waals surface area contributed by atoms with E-state index in [4.69, 9.17) is 15.4 Å². The Bertz CT molecular complexity index is 540. The molecule has 1 rings (SSSR count). The Morgan fingerprint density at radius 1 is 1.42 bits per heavy atom. The molecule has 0 spiro atoms. The Labute approximate surface area is 134 Å². The van der Waals surface area contributed by atoms with Gasteiger partial charge in [0.25, 0.3) is 5.79 Å². The van der Waals surface area contributed by atoms with Gasteiger partial charge < -0.3 is 40.7 Å². The fourth-order valence-electron chi connectivity index (χ4n) is 2.30. The number of nitrogens with zero attached hydrogens (tertiary/aromatic N) is 3. The lowest BCUT2D eigenvalue weighted by Gasteiger charge is -2.44. The number of azide groups is 1. The monoisotopic (exact) mass is 350 g/mol. The first-order valence-electron chi connectivity index (χ1n) is 6.70. The van der Waals surface area contributed by atoms with Crippen LogP contribution in [0.3, 0.4) is 0 Å². The Morgan fingerprint density at radius 3 is 2.46 bits per heavy atom. The van der Waals surface area contributed by atoms with Crippen molar-refractivity contribution in [2.75, 3.05) is 0 Å². The van der Waals surface area contributed by atoms with E-state index in [0.717, 1.165) is 6.92 Å². The molecular weight excluding hydrogens is 332 g/mol. The van der Waals surface area contributed by atoms with Crippen molar-refractivity contribution in [3.63, 3.8) is 0 Å². The van der Waals surface area contributed by atoms with E-state index in [9.17, 15) is 35.1 Å². The zero-order valence-corrected chi connectivity index (χ0v) is 12.4. The standard InChI is InChI=1S/C11H18N4O9/c1-3(16)13-5-4(17)2-11(23,10(21)22)24-8(5)6(18)7(19)9(20)14-15-12/h4-9,17-20,23H,2H2,1H3,(H,13,16)(H,21,22)/t4-,5+,6+,7-,8+,9?,11-/m0/s1. The Morgan fingerprint density at radius 2 is 2.00 bits per heavy atom. The number of nitrogens with one attached hydrogen (secondary N) is 1. The zero-order chi connectivity index (χ0) is 18.7. The largest absolute Gasteiger partial charge is 0.477 e. The van der Waals surface area contributed by atoms with Gasteiger partial charge in [0, 0.05) is 18.3 Å². The van der Waals surface area contributed by atoms with Gasteiger partial charge >= 0.3 is 5.97 Å². The van der Waals surface area contributed by atoms with Crippen LogP contribution >= 0.6 is 0 Å². The molecule has 7 N–H and O–H groups in total. The van der Waals surface area contributed by atoms with E-state index >= 15 is 0 Å². The lowest BCUT2D eigenvalue weighted by atomic mass is 9.88. The molecule has 1 heterocycles. The lowest BCUT2D eigenvalue weighted by molar-refractivity contribution is -0.296. The first-order valence-corrected chi connectivity index (χ1v) is 6.70. The van der Waals surface area contributed by atoms with Crippen molar-refractivity contribution in [3.8, 4) is 0 Å². The highest BCUT2D eigenvalue weighted by Crippen LogP contribution is 2.31. The third-order valence-electron chi connectivity index (χ3n) is 3.45. The van der Waals surface area contributed by atoms with Crippen molar-refractivity contribution in [2.24, 2.45) is 5.11 Å². The highest BCUT2D eigenvalue weighted by atomic mass is 16.7. The fourth-order valence-corrected chi connectivity index (χ4v) is 2.30. The fraction of sp³-hybridized carbons (Fsp3) is 0.818. The number of aliphatic hydroxyl groups is 5. The summed E-state index contributed by atoms with van der Waals surface area (Å²) >= 11 is 0. The van der Waals surface area contributed by atoms with Gasteiger partial charge in [0.2, 0.25) is 5.91 Å². The summed E-state index contributed by atoms with van der Waals surface area (Å²) < 4.78 is 4.86. The van der Waals surface area contributed by atoms with Crippen molar-refractivity contribution in [2.45, 2.75) is 55.8 Å². The van der Waals surface area contributed by atoms with E-state index in [0.29, 0.717) is 0 Å². The molecule has 0 aromatic rings. The summed E-state index contributed by atoms with van der Waals surface area (Å²) in [5, 5.41) is 63.0. The van der Waals surface area contributed by atoms with Crippen LogP contribution in [0.25, 0.3) is 10.4 Å². The van der Waals surface area contributed by atoms with Crippen molar-refractivity contribution < 1.29 is 45.0 Å². The van der Waals surface area contributed by atoms with Crippen LogP contribution in [0.15, 0.2) is 5.11 Å². The highest BCUT2D eigenvalue weighted by Gasteiger charge is 2.54. The second-order valence-corrected chi connectivity index (χ2v) is 5.27. The molecule has 1 aliphatic rings. The maximum Gasteiger partial charge on any atom is 0.364 e. The third kappa shape index (κ3) is 4.30. The number of amides is 1. The summed E-state index contributed by atoms with van der Waals surface area (Å²) in [6.45, 7) is 1.07. The number of carbonyl (C=O) groups is 2. The normalized spacial score (nSPS) is 33.7. The molecule has 136 valence electrons. The van der Waals surface area contributed by atoms with Gasteiger partial charge in [-0.2, -0.15) is 0 Å². The number of ether oxygens (including phenoxy) is 1. The molecule has 0 aromatic heterocycles. The van der Waals surface area contributed by atoms with Gasteiger partial charge in [0.05, 0.1) is 12.1 Å². The number of carboxylic acids is 1. The molecule has 0 radical (unpaired) electrons. The van der Waals surface area contributed by atoms with Crippen molar-refractivity contribution in [1.29, 1.82) is 0 Å². The van der Waals surface area contributed by atoms with Gasteiger partial charge in [-0.05, 0) is 5.53 Å². The second kappa shape index (κ2) is 7.72. The molecular formula is C11H18N4O9. The summed E-state index contributed by atoms with van der Waals surface area (Å²) in [7, 11) is 0. The van der Waals surface area contributed by atoms with Crippen LogP contribution in [0.1, 0.15) is 13.3 Å². The smallest absolute Gasteiger partial charge is 0.364 e. The van der Waals surface area contributed by atoms with Crippen molar-refractivity contribution >= 4 is 11.9 Å². The summed E-state index contributed by atoms with van der Waals surface area (Å²) in [5.74, 6) is -5.45. The molecule has 1 aliphatic heterocycles. The number of hydrogen-bond acceptors (Lipinski definition) is 9. The highest BCUT2D eigenvalue weighted by molar-refractivity contribution is 5.76. The SMILES string of the molecule is CC(=O)N[C@H]1[C@H]([C@H](O)[C@H](O)C(O)N=[N+]=[N-])O[C@](O)(C(=O)O)C[C@@H]1O. The van der Waals surface area contributed by atoms with E-state index in [1.807, 2.05) is 0 Å². The van der Waals surface area contributed by atoms with Crippen LogP contribution in [0.2, 0.25) is 0 Å². The number of carboxylic acid groups (broad SMARTS) is 1. The second-order valence-electron chi connectivity index (χ2n) is 5.27. The molecule has 24 heavy (non-hydrogen) atoms. The first kappa shape index (κ1) is 20.1. The van der Waals surface area contributed by atoms with Gasteiger partial charge in [0.15, 0.2) is 6.23 Å². The van der Waals surface area contributed by atoms with E-state index in [2.05, 4.69) is 15.3 Å². The quantitative estimate of drug-likeness (QED) is 0.145. The summed E-state index contributed by atoms with van der Waals surface area (Å²) in [5.41, 5.74) is 8.21. The number of aliphatic hydroxyl groups excluding tert-OH is 4. The van der Waals surface area contributed by atoms with Gasteiger partial charge in [-0.15, -0.1) is 0 Å². The van der Waals surface area contributed by atoms with Crippen LogP contribution in [0.5, 0.6) is 0 Å². The Balaban J connectivity index is 3.15. The van der Waals surface area contributed by atoms with Crippen LogP contribution in [0.4, 0.5) is 0 Å². The molecule has 1 saturated heterocycles. The third-order valence-corrected chi connectivity index (χ3v) is 3.45. The molecule has 13 nitrogen and oxygen atoms in total. The maximum absolute atomic E-state index is 11.2. The van der Waals surface area contributed by atoms with Crippen LogP contribution < -0.4 is 5.32 Å². The van der Waals surface area contributed by atoms with Crippen LogP contribution in [0, 0.1) is 0 Å². The lowest BCUT2D eigenvalue weighted by Crippen LogP contribution is -2.67. The van der Waals surface area contributed by atoms with Crippen LogP contribution in [-0.4, -0.2) is 85.0 Å². The van der Waals surface area contributed by atoms with Gasteiger partial charge in [-0.25, -0.2) is 4.79 Å². The number of aliphatic carboxylic acids is 1. The van der Waals surface area contributed by atoms with E-state index in [-0.39, 0.29) is 0 Å². The number of carbonyl (C=O) groups excluding carboxylic acids is 1. The molecule has 13 heteroatoms. The molecule has 0 saturated carbocycles. The molecule has 0 bridgehead atoms. The van der Waals surface area contributed by atoms with Gasteiger partial charge in [0.1, 0.15) is 18.3 Å². The average molecular weight is 350 g/mol. The minimum Gasteiger partial charge on any atom is -0.477 e. The van der Waals surface area contributed by atoms with E-state index in [1.54, 1.807) is 0 Å². The summed E-state index contributed by atoms with van der Waals surface area (Å²) in [6.07, 6.45) is -10.7. The molecule has 1 amide bonds. The zero-order valence-electron chi connectivity index (χ0n) is 12.4. The first-order chi connectivity index (χ1) is 11.0. The number of rotatable bonds is 6. The minimum atomic E-state index is -2.90. The van der Waals surface area contributed by atoms with Crippen molar-refractivity contribution in [3.05, 3.63) is 10.4 Å². The van der Waals surface area contributed by atoms with E-state index < -0.39 is 60.8 Å². The molecule has 0 aliphatic carbocycles.